The van der Waals surface area contributed by atoms with Gasteiger partial charge in [0.2, 0.25) is 0 Å². The number of aromatic nitrogens is 1. The number of halogens is 1. The summed E-state index contributed by atoms with van der Waals surface area (Å²) >= 11 is 3.46. The molecule has 0 radical (unpaired) electrons. The Bertz CT molecular complexity index is 780. The second-order valence-corrected chi connectivity index (χ2v) is 8.59. The van der Waals surface area contributed by atoms with Crippen molar-refractivity contribution in [3.63, 3.8) is 0 Å². The average molecular weight is 405 g/mol. The van der Waals surface area contributed by atoms with E-state index in [4.69, 9.17) is 4.74 Å². The standard InChI is InChI=1S/C20H25BrN2O2/c1-13-9-15(20(5,6)23-18(24)25-19(2,3)4)7-8-17(13)14-10-16(21)12-22-11-14/h7-12H,1-6H3,(H,23,24). The van der Waals surface area contributed by atoms with Crippen LogP contribution in [-0.4, -0.2) is 16.7 Å². The summed E-state index contributed by atoms with van der Waals surface area (Å²) in [6.07, 6.45) is 3.19. The third-order valence-corrected chi connectivity index (χ3v) is 4.21. The smallest absolute Gasteiger partial charge is 0.408 e. The normalized spacial score (nSPS) is 12.0. The minimum atomic E-state index is -0.541. The van der Waals surface area contributed by atoms with Crippen molar-refractivity contribution in [1.29, 1.82) is 0 Å². The summed E-state index contributed by atoms with van der Waals surface area (Å²) in [6.45, 7) is 11.5. The number of rotatable bonds is 3. The van der Waals surface area contributed by atoms with E-state index in [1.54, 1.807) is 6.20 Å². The topological polar surface area (TPSA) is 51.2 Å². The maximum atomic E-state index is 12.1. The molecule has 0 saturated heterocycles. The number of carbonyl (C=O) groups excluding carboxylic acids is 1. The number of nitrogens with one attached hydrogen (secondary N) is 1. The van der Waals surface area contributed by atoms with E-state index in [1.165, 1.54) is 0 Å². The van der Waals surface area contributed by atoms with Gasteiger partial charge in [-0.1, -0.05) is 18.2 Å². The van der Waals surface area contributed by atoms with Crippen LogP contribution in [0.2, 0.25) is 0 Å². The van der Waals surface area contributed by atoms with Crippen molar-refractivity contribution < 1.29 is 9.53 Å². The van der Waals surface area contributed by atoms with Gasteiger partial charge >= 0.3 is 6.09 Å². The van der Waals surface area contributed by atoms with Crippen LogP contribution in [0.15, 0.2) is 41.1 Å². The monoisotopic (exact) mass is 404 g/mol. The van der Waals surface area contributed by atoms with Crippen molar-refractivity contribution in [2.45, 2.75) is 52.7 Å². The fourth-order valence-corrected chi connectivity index (χ4v) is 2.93. The number of carbonyl (C=O) groups is 1. The lowest BCUT2D eigenvalue weighted by Gasteiger charge is -2.29. The molecule has 0 aliphatic rings. The Balaban J connectivity index is 2.25. The minimum Gasteiger partial charge on any atom is -0.444 e. The lowest BCUT2D eigenvalue weighted by molar-refractivity contribution is 0.0470. The number of ether oxygens (including phenoxy) is 1. The van der Waals surface area contributed by atoms with Crippen molar-refractivity contribution in [1.82, 2.24) is 10.3 Å². The zero-order chi connectivity index (χ0) is 18.8. The van der Waals surface area contributed by atoms with Crippen LogP contribution in [0.25, 0.3) is 11.1 Å². The van der Waals surface area contributed by atoms with E-state index in [0.29, 0.717) is 0 Å². The number of hydrogen-bond donors (Lipinski definition) is 1. The second-order valence-electron chi connectivity index (χ2n) is 7.67. The van der Waals surface area contributed by atoms with Crippen LogP contribution in [0, 0.1) is 6.92 Å². The summed E-state index contributed by atoms with van der Waals surface area (Å²) in [6, 6.07) is 8.22. The molecule has 0 saturated carbocycles. The van der Waals surface area contributed by atoms with Gasteiger partial charge in [0.05, 0.1) is 5.54 Å². The highest BCUT2D eigenvalue weighted by atomic mass is 79.9. The minimum absolute atomic E-state index is 0.421. The highest BCUT2D eigenvalue weighted by molar-refractivity contribution is 9.10. The van der Waals surface area contributed by atoms with Gasteiger partial charge in [0.15, 0.2) is 0 Å². The molecule has 4 nitrogen and oxygen atoms in total. The van der Waals surface area contributed by atoms with Crippen LogP contribution in [0.5, 0.6) is 0 Å². The molecular weight excluding hydrogens is 380 g/mol. The van der Waals surface area contributed by atoms with Crippen LogP contribution < -0.4 is 5.32 Å². The third-order valence-electron chi connectivity index (χ3n) is 3.78. The van der Waals surface area contributed by atoms with Crippen LogP contribution in [0.3, 0.4) is 0 Å². The summed E-state index contributed by atoms with van der Waals surface area (Å²) in [5.74, 6) is 0. The van der Waals surface area contributed by atoms with E-state index in [0.717, 1.165) is 26.7 Å². The second kappa shape index (κ2) is 7.16. The number of alkyl carbamates (subject to hydrolysis) is 1. The van der Waals surface area contributed by atoms with Crippen LogP contribution in [0.1, 0.15) is 45.7 Å². The maximum Gasteiger partial charge on any atom is 0.408 e. The summed E-state index contributed by atoms with van der Waals surface area (Å²) in [7, 11) is 0. The first-order valence-corrected chi connectivity index (χ1v) is 9.00. The van der Waals surface area contributed by atoms with Crippen molar-refractivity contribution in [2.75, 3.05) is 0 Å². The zero-order valence-corrected chi connectivity index (χ0v) is 17.2. The largest absolute Gasteiger partial charge is 0.444 e. The molecule has 0 spiro atoms. The molecule has 25 heavy (non-hydrogen) atoms. The first-order valence-electron chi connectivity index (χ1n) is 8.21. The molecule has 0 fully saturated rings. The Morgan fingerprint density at radius 1 is 1.12 bits per heavy atom. The van der Waals surface area contributed by atoms with Gasteiger partial charge in [0.25, 0.3) is 0 Å². The number of hydrogen-bond acceptors (Lipinski definition) is 3. The van der Waals surface area contributed by atoms with E-state index >= 15 is 0 Å². The van der Waals surface area contributed by atoms with E-state index in [-0.39, 0.29) is 0 Å². The Morgan fingerprint density at radius 3 is 2.36 bits per heavy atom. The van der Waals surface area contributed by atoms with Gasteiger partial charge in [-0.2, -0.15) is 0 Å². The molecule has 2 rings (SSSR count). The SMILES string of the molecule is Cc1cc(C(C)(C)NC(=O)OC(C)(C)C)ccc1-c1cncc(Br)c1. The average Bonchev–Trinajstić information content (AvgIpc) is 2.44. The zero-order valence-electron chi connectivity index (χ0n) is 15.6. The van der Waals surface area contributed by atoms with Gasteiger partial charge < -0.3 is 10.1 Å². The summed E-state index contributed by atoms with van der Waals surface area (Å²) in [5, 5.41) is 2.94. The number of benzene rings is 1. The van der Waals surface area contributed by atoms with Crippen molar-refractivity contribution >= 4 is 22.0 Å². The van der Waals surface area contributed by atoms with Crippen molar-refractivity contribution in [2.24, 2.45) is 0 Å². The molecule has 1 heterocycles. The van der Waals surface area contributed by atoms with Crippen LogP contribution >= 0.6 is 15.9 Å². The molecule has 1 aromatic heterocycles. The first-order chi connectivity index (χ1) is 11.5. The van der Waals surface area contributed by atoms with Gasteiger partial charge in [-0.15, -0.1) is 0 Å². The highest BCUT2D eigenvalue weighted by Crippen LogP contribution is 2.29. The summed E-state index contributed by atoms with van der Waals surface area (Å²) in [5.41, 5.74) is 3.25. The van der Waals surface area contributed by atoms with Crippen LogP contribution in [0.4, 0.5) is 4.79 Å². The Labute approximate surface area is 158 Å². The predicted octanol–water partition coefficient (Wildman–Crippen LogP) is 5.58. The van der Waals surface area contributed by atoms with Crippen molar-refractivity contribution in [3.8, 4) is 11.1 Å². The van der Waals surface area contributed by atoms with Gasteiger partial charge in [0.1, 0.15) is 5.60 Å². The third kappa shape index (κ3) is 5.30. The number of pyridine rings is 1. The molecule has 1 N–H and O–H groups in total. The molecule has 0 aliphatic heterocycles. The molecule has 1 amide bonds. The molecule has 0 atom stereocenters. The first kappa shape index (κ1) is 19.4. The fraction of sp³-hybridized carbons (Fsp3) is 0.400. The molecular formula is C20H25BrN2O2. The Hall–Kier alpha value is -1.88. The molecule has 0 aliphatic carbocycles. The predicted molar refractivity (Wildman–Crippen MR) is 105 cm³/mol. The van der Waals surface area contributed by atoms with Gasteiger partial charge in [-0.3, -0.25) is 4.98 Å². The lowest BCUT2D eigenvalue weighted by Crippen LogP contribution is -2.43. The van der Waals surface area contributed by atoms with Gasteiger partial charge in [0, 0.05) is 22.4 Å². The molecule has 5 heteroatoms. The molecule has 0 unspecified atom stereocenters. The van der Waals surface area contributed by atoms with E-state index in [9.17, 15) is 4.79 Å². The number of aryl methyl sites for hydroxylation is 1. The maximum absolute atomic E-state index is 12.1. The van der Waals surface area contributed by atoms with E-state index < -0.39 is 17.2 Å². The van der Waals surface area contributed by atoms with E-state index in [2.05, 4.69) is 45.3 Å². The van der Waals surface area contributed by atoms with Gasteiger partial charge in [-0.25, -0.2) is 4.79 Å². The van der Waals surface area contributed by atoms with Crippen LogP contribution in [-0.2, 0) is 10.3 Å². The number of nitrogens with zero attached hydrogens (tertiary/aromatic N) is 1. The molecule has 2 aromatic rings. The quantitative estimate of drug-likeness (QED) is 0.725. The summed E-state index contributed by atoms with van der Waals surface area (Å²) in [4.78, 5) is 16.3. The molecule has 0 bridgehead atoms. The molecule has 1 aromatic carbocycles. The van der Waals surface area contributed by atoms with Gasteiger partial charge in [-0.05, 0) is 80.2 Å². The van der Waals surface area contributed by atoms with E-state index in [1.807, 2.05) is 52.9 Å². The summed E-state index contributed by atoms with van der Waals surface area (Å²) < 4.78 is 6.31. The number of amides is 1. The lowest BCUT2D eigenvalue weighted by atomic mass is 9.90. The molecule has 134 valence electrons. The Morgan fingerprint density at radius 2 is 1.80 bits per heavy atom. The highest BCUT2D eigenvalue weighted by Gasteiger charge is 2.26. The fourth-order valence-electron chi connectivity index (χ4n) is 2.57. The Kier molecular flexibility index (Phi) is 5.57. The van der Waals surface area contributed by atoms with Crippen molar-refractivity contribution in [3.05, 3.63) is 52.3 Å².